The summed E-state index contributed by atoms with van der Waals surface area (Å²) in [6.45, 7) is 4.25. The zero-order valence-corrected chi connectivity index (χ0v) is 16.5. The van der Waals surface area contributed by atoms with Crippen LogP contribution in [0.4, 0.5) is 5.69 Å². The van der Waals surface area contributed by atoms with Gasteiger partial charge < -0.3 is 19.4 Å². The average Bonchev–Trinajstić information content (AvgIpc) is 3.19. The smallest absolute Gasteiger partial charge is 0.279 e. The number of ether oxygens (including phenoxy) is 1. The largest absolute Gasteiger partial charge is 0.497 e. The Labute approximate surface area is 164 Å². The zero-order valence-electron chi connectivity index (χ0n) is 16.5. The molecule has 0 fully saturated rings. The quantitative estimate of drug-likeness (QED) is 0.656. The summed E-state index contributed by atoms with van der Waals surface area (Å²) in [6.07, 6.45) is 0. The number of quaternary nitrogens is 1. The molecule has 0 saturated heterocycles. The van der Waals surface area contributed by atoms with Gasteiger partial charge in [0.05, 0.1) is 14.2 Å². The van der Waals surface area contributed by atoms with E-state index in [4.69, 9.17) is 9.15 Å². The summed E-state index contributed by atoms with van der Waals surface area (Å²) in [4.78, 5) is 13.3. The molecule has 0 aliphatic rings. The normalized spacial score (nSPS) is 13.0. The van der Waals surface area contributed by atoms with Gasteiger partial charge in [0.2, 0.25) is 5.89 Å². The van der Waals surface area contributed by atoms with Crippen molar-refractivity contribution in [2.24, 2.45) is 0 Å². The monoisotopic (exact) mass is 381 g/mol. The van der Waals surface area contributed by atoms with E-state index in [1.807, 2.05) is 69.4 Å². The molecule has 146 valence electrons. The molecule has 3 rings (SSSR count). The number of hydrogen-bond donors (Lipinski definition) is 2. The maximum Gasteiger partial charge on any atom is 0.279 e. The molecule has 2 aromatic carbocycles. The number of aryl methyl sites for hydroxylation is 1. The Morgan fingerprint density at radius 2 is 1.82 bits per heavy atom. The molecule has 1 amide bonds. The van der Waals surface area contributed by atoms with Crippen LogP contribution >= 0.6 is 0 Å². The number of hydrogen-bond acceptors (Lipinski definition) is 5. The van der Waals surface area contributed by atoms with E-state index >= 15 is 0 Å². The Hall–Kier alpha value is -3.19. The van der Waals surface area contributed by atoms with Crippen LogP contribution in [-0.4, -0.2) is 36.8 Å². The van der Waals surface area contributed by atoms with Crippen LogP contribution in [0.3, 0.4) is 0 Å². The molecule has 2 N–H and O–H groups in total. The van der Waals surface area contributed by atoms with Gasteiger partial charge in [0, 0.05) is 11.3 Å². The van der Waals surface area contributed by atoms with Gasteiger partial charge in [-0.25, -0.2) is 0 Å². The van der Waals surface area contributed by atoms with E-state index in [-0.39, 0.29) is 18.5 Å². The summed E-state index contributed by atoms with van der Waals surface area (Å²) in [5, 5.41) is 11.2. The number of methoxy groups -OCH3 is 1. The van der Waals surface area contributed by atoms with Crippen molar-refractivity contribution >= 4 is 11.6 Å². The standard InChI is InChI=1S/C21H24N4O3/c1-14-5-9-17(10-6-14)22-19(26)13-25(3)15(2)20-23-24-21(28-20)16-7-11-18(27-4)12-8-16/h5-12,15H,13H2,1-4H3,(H,22,26)/p+1/t15-/m0/s1. The first-order valence-corrected chi connectivity index (χ1v) is 9.13. The van der Waals surface area contributed by atoms with Gasteiger partial charge in [-0.2, -0.15) is 0 Å². The van der Waals surface area contributed by atoms with Crippen LogP contribution in [0.5, 0.6) is 5.75 Å². The molecule has 0 bridgehead atoms. The number of nitrogens with one attached hydrogen (secondary N) is 2. The van der Waals surface area contributed by atoms with Crippen molar-refractivity contribution in [3.8, 4) is 17.2 Å². The van der Waals surface area contributed by atoms with Crippen molar-refractivity contribution in [2.75, 3.05) is 26.0 Å². The van der Waals surface area contributed by atoms with E-state index in [0.29, 0.717) is 11.8 Å². The predicted octanol–water partition coefficient (Wildman–Crippen LogP) is 2.27. The van der Waals surface area contributed by atoms with Crippen LogP contribution in [-0.2, 0) is 4.79 Å². The highest BCUT2D eigenvalue weighted by molar-refractivity contribution is 5.91. The number of anilines is 1. The molecule has 0 spiro atoms. The second kappa shape index (κ2) is 8.67. The second-order valence-electron chi connectivity index (χ2n) is 6.83. The molecule has 28 heavy (non-hydrogen) atoms. The van der Waals surface area contributed by atoms with Crippen LogP contribution in [0, 0.1) is 6.92 Å². The lowest BCUT2D eigenvalue weighted by molar-refractivity contribution is -0.903. The number of nitrogens with zero attached hydrogens (tertiary/aromatic N) is 2. The second-order valence-corrected chi connectivity index (χ2v) is 6.83. The minimum atomic E-state index is -0.122. The van der Waals surface area contributed by atoms with E-state index < -0.39 is 0 Å². The van der Waals surface area contributed by atoms with Gasteiger partial charge in [-0.15, -0.1) is 10.2 Å². The van der Waals surface area contributed by atoms with Crippen LogP contribution < -0.4 is 15.0 Å². The van der Waals surface area contributed by atoms with Gasteiger partial charge >= 0.3 is 0 Å². The number of aromatic nitrogens is 2. The molecule has 0 radical (unpaired) electrons. The van der Waals surface area contributed by atoms with Gasteiger partial charge in [0.1, 0.15) is 5.75 Å². The maximum absolute atomic E-state index is 12.3. The van der Waals surface area contributed by atoms with Gasteiger partial charge in [-0.3, -0.25) is 4.79 Å². The summed E-state index contributed by atoms with van der Waals surface area (Å²) in [6, 6.07) is 15.0. The lowest BCUT2D eigenvalue weighted by Gasteiger charge is -2.18. The molecule has 1 heterocycles. The Morgan fingerprint density at radius 1 is 1.14 bits per heavy atom. The Morgan fingerprint density at radius 3 is 2.46 bits per heavy atom. The topological polar surface area (TPSA) is 81.7 Å². The van der Waals surface area contributed by atoms with Crippen molar-refractivity contribution in [3.05, 3.63) is 60.0 Å². The Balaban J connectivity index is 1.61. The highest BCUT2D eigenvalue weighted by Gasteiger charge is 2.24. The SMILES string of the molecule is COc1ccc(-c2nnc([C@H](C)[NH+](C)CC(=O)Nc3ccc(C)cc3)o2)cc1. The number of benzene rings is 2. The molecular weight excluding hydrogens is 356 g/mol. The van der Waals surface area contributed by atoms with Crippen molar-refractivity contribution < 1.29 is 18.8 Å². The molecule has 3 aromatic rings. The lowest BCUT2D eigenvalue weighted by atomic mass is 10.2. The number of carbonyl (C=O) groups excluding carboxylic acids is 1. The molecular formula is C21H25N4O3+. The summed E-state index contributed by atoms with van der Waals surface area (Å²) in [5.41, 5.74) is 2.76. The first-order chi connectivity index (χ1) is 13.5. The van der Waals surface area contributed by atoms with Crippen LogP contribution in [0.1, 0.15) is 24.4 Å². The van der Waals surface area contributed by atoms with Gasteiger partial charge in [0.25, 0.3) is 11.8 Å². The summed E-state index contributed by atoms with van der Waals surface area (Å²) >= 11 is 0. The molecule has 2 atom stereocenters. The minimum absolute atomic E-state index is 0.0666. The van der Waals surface area contributed by atoms with E-state index in [1.165, 1.54) is 0 Å². The first kappa shape index (κ1) is 19.6. The molecule has 0 saturated carbocycles. The number of rotatable bonds is 7. The Bertz CT molecular complexity index is 920. The maximum atomic E-state index is 12.3. The number of carbonyl (C=O) groups is 1. The van der Waals surface area contributed by atoms with Crippen LogP contribution in [0.25, 0.3) is 11.5 Å². The first-order valence-electron chi connectivity index (χ1n) is 9.13. The summed E-state index contributed by atoms with van der Waals surface area (Å²) in [7, 11) is 3.55. The fraction of sp³-hybridized carbons (Fsp3) is 0.286. The minimum Gasteiger partial charge on any atom is -0.497 e. The molecule has 1 aromatic heterocycles. The Kier molecular flexibility index (Phi) is 6.06. The van der Waals surface area contributed by atoms with Gasteiger partial charge in [-0.1, -0.05) is 17.7 Å². The molecule has 7 heteroatoms. The molecule has 1 unspecified atom stereocenters. The van der Waals surface area contributed by atoms with E-state index in [0.717, 1.165) is 27.5 Å². The predicted molar refractivity (Wildman–Crippen MR) is 106 cm³/mol. The third-order valence-electron chi connectivity index (χ3n) is 4.66. The number of amides is 1. The van der Waals surface area contributed by atoms with Crippen molar-refractivity contribution in [3.63, 3.8) is 0 Å². The third kappa shape index (κ3) is 4.75. The highest BCUT2D eigenvalue weighted by Crippen LogP contribution is 2.22. The van der Waals surface area contributed by atoms with Gasteiger partial charge in [-0.05, 0) is 50.2 Å². The lowest BCUT2D eigenvalue weighted by Crippen LogP contribution is -3.10. The number of likely N-dealkylation sites (N-methyl/N-ethyl adjacent to an activating group) is 1. The summed E-state index contributed by atoms with van der Waals surface area (Å²) in [5.74, 6) is 1.64. The highest BCUT2D eigenvalue weighted by atomic mass is 16.5. The fourth-order valence-corrected chi connectivity index (χ4v) is 2.72. The van der Waals surface area contributed by atoms with Crippen LogP contribution in [0.2, 0.25) is 0 Å². The van der Waals surface area contributed by atoms with Crippen molar-refractivity contribution in [1.29, 1.82) is 0 Å². The summed E-state index contributed by atoms with van der Waals surface area (Å²) < 4.78 is 11.0. The van der Waals surface area contributed by atoms with E-state index in [1.54, 1.807) is 7.11 Å². The molecule has 7 nitrogen and oxygen atoms in total. The van der Waals surface area contributed by atoms with E-state index in [9.17, 15) is 4.79 Å². The zero-order chi connectivity index (χ0) is 20.1. The molecule has 0 aliphatic carbocycles. The molecule has 0 aliphatic heterocycles. The third-order valence-corrected chi connectivity index (χ3v) is 4.66. The fourth-order valence-electron chi connectivity index (χ4n) is 2.72. The average molecular weight is 381 g/mol. The van der Waals surface area contributed by atoms with Crippen molar-refractivity contribution in [2.45, 2.75) is 19.9 Å². The van der Waals surface area contributed by atoms with Gasteiger partial charge in [0.15, 0.2) is 12.6 Å². The van der Waals surface area contributed by atoms with E-state index in [2.05, 4.69) is 15.5 Å². The van der Waals surface area contributed by atoms with Crippen LogP contribution in [0.15, 0.2) is 52.9 Å². The van der Waals surface area contributed by atoms with Crippen molar-refractivity contribution in [1.82, 2.24) is 10.2 Å².